The van der Waals surface area contributed by atoms with Gasteiger partial charge in [0, 0.05) is 13.0 Å². The molecule has 0 aromatic heterocycles. The number of aliphatic hydroxyl groups excluding tert-OH is 5. The van der Waals surface area contributed by atoms with Crippen molar-refractivity contribution in [2.24, 2.45) is 0 Å². The second-order valence-electron chi connectivity index (χ2n) is 18.0. The van der Waals surface area contributed by atoms with E-state index >= 15 is 0 Å². The Hall–Kier alpha value is -0.660. The Bertz CT molecular complexity index is 1020. The molecule has 0 radical (unpaired) electrons. The Morgan fingerprint density at radius 1 is 0.459 bits per heavy atom. The Morgan fingerprint density at radius 2 is 0.770 bits per heavy atom. The average Bonchev–Trinajstić information content (AvgIpc) is 3.24. The molecule has 0 heterocycles. The Kier molecular flexibility index (Phi) is 38.0. The molecule has 1 saturated carbocycles. The summed E-state index contributed by atoms with van der Waals surface area (Å²) < 4.78 is 34.2. The first-order chi connectivity index (χ1) is 29.5. The maximum absolute atomic E-state index is 12.8. The summed E-state index contributed by atoms with van der Waals surface area (Å²) in [7, 11) is -5.01. The van der Waals surface area contributed by atoms with E-state index in [2.05, 4.69) is 13.8 Å². The van der Waals surface area contributed by atoms with Crippen LogP contribution in [0.3, 0.4) is 0 Å². The number of hydrogen-bond acceptors (Lipinski definition) is 11. The first-order valence-corrected chi connectivity index (χ1v) is 26.9. The number of phosphoric ester groups is 1. The number of hydrogen-bond donors (Lipinski definition) is 6. The van der Waals surface area contributed by atoms with Gasteiger partial charge >= 0.3 is 13.8 Å². The Labute approximate surface area is 372 Å². The second kappa shape index (κ2) is 39.7. The summed E-state index contributed by atoms with van der Waals surface area (Å²) in [4.78, 5) is 23.1. The molecule has 0 saturated heterocycles. The van der Waals surface area contributed by atoms with E-state index in [1.807, 2.05) is 0 Å². The highest BCUT2D eigenvalue weighted by Crippen LogP contribution is 2.47. The van der Waals surface area contributed by atoms with Gasteiger partial charge in [-0.15, -0.1) is 0 Å². The number of phosphoric acid groups is 1. The Balaban J connectivity index is 2.24. The predicted octanol–water partition coefficient (Wildman–Crippen LogP) is 10.9. The molecule has 1 aliphatic carbocycles. The van der Waals surface area contributed by atoms with Crippen LogP contribution in [-0.2, 0) is 27.9 Å². The molecule has 0 aliphatic heterocycles. The van der Waals surface area contributed by atoms with Gasteiger partial charge in [0.05, 0.1) is 13.2 Å². The Morgan fingerprint density at radius 3 is 1.13 bits per heavy atom. The van der Waals surface area contributed by atoms with Crippen molar-refractivity contribution in [2.75, 3.05) is 19.8 Å². The van der Waals surface area contributed by atoms with Crippen molar-refractivity contribution in [1.29, 1.82) is 0 Å². The van der Waals surface area contributed by atoms with Gasteiger partial charge in [-0.3, -0.25) is 13.8 Å². The number of carbonyl (C=O) groups is 1. The molecular formula is C48H95O12P. The zero-order chi connectivity index (χ0) is 44.8. The minimum atomic E-state index is -5.01. The molecule has 1 fully saturated rings. The molecule has 1 aliphatic rings. The largest absolute Gasteiger partial charge is 0.472 e. The number of ether oxygens (including phenoxy) is 2. The van der Waals surface area contributed by atoms with E-state index in [-0.39, 0.29) is 13.0 Å². The number of rotatable bonds is 44. The zero-order valence-corrected chi connectivity index (χ0v) is 39.9. The van der Waals surface area contributed by atoms with Crippen LogP contribution in [0.1, 0.15) is 239 Å². The SMILES string of the molecule is CCCCCCCCCCCCCCCCCCCCCCCCCCOCC(COP(=O)(O)OC1C(O)C(O)C(O)C(O)C1O)OC(=O)CCCCCCCCCCCC. The molecule has 0 aromatic carbocycles. The fourth-order valence-electron chi connectivity index (χ4n) is 8.18. The van der Waals surface area contributed by atoms with Crippen molar-refractivity contribution in [1.82, 2.24) is 0 Å². The minimum Gasteiger partial charge on any atom is -0.457 e. The molecule has 12 nitrogen and oxygen atoms in total. The standard InChI is InChI=1S/C48H95O12P/c1-3-5-7-9-11-13-15-16-17-18-19-20-21-22-23-24-25-26-27-28-30-32-34-36-38-57-39-41(59-42(49)37-35-33-31-29-14-12-10-8-6-4-2)40-58-61(55,56)60-48-46(53)44(51)43(50)45(52)47(48)54/h41,43-48,50-54H,3-40H2,1-2H3,(H,55,56). The smallest absolute Gasteiger partial charge is 0.457 e. The van der Waals surface area contributed by atoms with E-state index < -0.39 is 63.1 Å². The fraction of sp³-hybridized carbons (Fsp3) is 0.979. The topological polar surface area (TPSA) is 192 Å². The van der Waals surface area contributed by atoms with Gasteiger partial charge in [-0.2, -0.15) is 0 Å². The van der Waals surface area contributed by atoms with Crippen molar-refractivity contribution < 1.29 is 58.3 Å². The van der Waals surface area contributed by atoms with Gasteiger partial charge < -0.3 is 39.9 Å². The molecule has 6 atom stereocenters. The molecule has 0 amide bonds. The van der Waals surface area contributed by atoms with Gasteiger partial charge in [0.1, 0.15) is 42.7 Å². The van der Waals surface area contributed by atoms with Gasteiger partial charge in [0.2, 0.25) is 0 Å². The van der Waals surface area contributed by atoms with E-state index in [9.17, 15) is 39.8 Å². The molecule has 364 valence electrons. The van der Waals surface area contributed by atoms with Gasteiger partial charge in [-0.25, -0.2) is 4.57 Å². The fourth-order valence-corrected chi connectivity index (χ4v) is 9.15. The van der Waals surface area contributed by atoms with Gasteiger partial charge in [0.25, 0.3) is 0 Å². The van der Waals surface area contributed by atoms with Crippen LogP contribution in [0, 0.1) is 0 Å². The molecule has 0 bridgehead atoms. The van der Waals surface area contributed by atoms with Crippen LogP contribution in [-0.4, -0.2) is 98.9 Å². The number of carbonyl (C=O) groups excluding carboxylic acids is 1. The molecule has 0 aromatic rings. The summed E-state index contributed by atoms with van der Waals surface area (Å²) in [5.74, 6) is -0.473. The van der Waals surface area contributed by atoms with Gasteiger partial charge in [-0.1, -0.05) is 219 Å². The van der Waals surface area contributed by atoms with E-state index in [0.717, 1.165) is 38.5 Å². The van der Waals surface area contributed by atoms with Crippen LogP contribution in [0.2, 0.25) is 0 Å². The van der Waals surface area contributed by atoms with Crippen LogP contribution < -0.4 is 0 Å². The van der Waals surface area contributed by atoms with Crippen LogP contribution in [0.4, 0.5) is 0 Å². The highest BCUT2D eigenvalue weighted by atomic mass is 31.2. The summed E-state index contributed by atoms with van der Waals surface area (Å²) in [5.41, 5.74) is 0. The maximum atomic E-state index is 12.8. The summed E-state index contributed by atoms with van der Waals surface area (Å²) in [6, 6.07) is 0. The highest BCUT2D eigenvalue weighted by Gasteiger charge is 2.51. The minimum absolute atomic E-state index is 0.0680. The van der Waals surface area contributed by atoms with E-state index in [0.29, 0.717) is 13.0 Å². The maximum Gasteiger partial charge on any atom is 0.472 e. The summed E-state index contributed by atoms with van der Waals surface area (Å²) in [5, 5.41) is 50.2. The molecule has 61 heavy (non-hydrogen) atoms. The molecule has 6 unspecified atom stereocenters. The summed E-state index contributed by atoms with van der Waals surface area (Å²) in [6.45, 7) is 4.28. The van der Waals surface area contributed by atoms with Gasteiger partial charge in [0.15, 0.2) is 0 Å². The zero-order valence-electron chi connectivity index (χ0n) is 39.0. The lowest BCUT2D eigenvalue weighted by Crippen LogP contribution is -2.64. The lowest BCUT2D eigenvalue weighted by atomic mass is 9.85. The van der Waals surface area contributed by atoms with Crippen molar-refractivity contribution in [3.63, 3.8) is 0 Å². The van der Waals surface area contributed by atoms with Crippen molar-refractivity contribution in [3.05, 3.63) is 0 Å². The third kappa shape index (κ3) is 31.8. The second-order valence-corrected chi connectivity index (χ2v) is 19.4. The van der Waals surface area contributed by atoms with Crippen LogP contribution in [0.15, 0.2) is 0 Å². The molecule has 6 N–H and O–H groups in total. The quantitative estimate of drug-likeness (QED) is 0.0193. The molecule has 0 spiro atoms. The van der Waals surface area contributed by atoms with Crippen LogP contribution in [0.25, 0.3) is 0 Å². The lowest BCUT2D eigenvalue weighted by Gasteiger charge is -2.41. The van der Waals surface area contributed by atoms with Crippen LogP contribution in [0.5, 0.6) is 0 Å². The van der Waals surface area contributed by atoms with E-state index in [1.54, 1.807) is 0 Å². The van der Waals surface area contributed by atoms with E-state index in [1.165, 1.54) is 173 Å². The summed E-state index contributed by atoms with van der Waals surface area (Å²) in [6.07, 6.45) is 30.5. The molecular weight excluding hydrogens is 799 g/mol. The van der Waals surface area contributed by atoms with Crippen LogP contribution >= 0.6 is 7.82 Å². The van der Waals surface area contributed by atoms with Crippen molar-refractivity contribution in [3.8, 4) is 0 Å². The lowest BCUT2D eigenvalue weighted by molar-refractivity contribution is -0.220. The van der Waals surface area contributed by atoms with Gasteiger partial charge in [-0.05, 0) is 12.8 Å². The van der Waals surface area contributed by atoms with E-state index in [4.69, 9.17) is 18.5 Å². The highest BCUT2D eigenvalue weighted by molar-refractivity contribution is 7.47. The first kappa shape index (κ1) is 58.4. The monoisotopic (exact) mass is 895 g/mol. The van der Waals surface area contributed by atoms with Crippen molar-refractivity contribution >= 4 is 13.8 Å². The predicted molar refractivity (Wildman–Crippen MR) is 244 cm³/mol. The number of esters is 1. The summed E-state index contributed by atoms with van der Waals surface area (Å²) >= 11 is 0. The number of unbranched alkanes of at least 4 members (excludes halogenated alkanes) is 32. The molecule has 1 rings (SSSR count). The first-order valence-electron chi connectivity index (χ1n) is 25.4. The third-order valence-corrected chi connectivity index (χ3v) is 13.2. The van der Waals surface area contributed by atoms with Crippen molar-refractivity contribution in [2.45, 2.75) is 281 Å². The molecule has 13 heteroatoms. The number of aliphatic hydroxyl groups is 5. The average molecular weight is 895 g/mol. The normalized spacial score (nSPS) is 22.0. The third-order valence-electron chi connectivity index (χ3n) is 12.2.